The first-order valence-corrected chi connectivity index (χ1v) is 30.2. The Bertz CT molecular complexity index is 3060. The fraction of sp³-hybridized carbons (Fsp3) is 0.500. The predicted octanol–water partition coefficient (Wildman–Crippen LogP) is 10.6. The Kier molecular flexibility index (Phi) is 22.5. The van der Waals surface area contributed by atoms with Gasteiger partial charge >= 0.3 is 0 Å². The third-order valence-electron chi connectivity index (χ3n) is 13.7. The molecule has 17 nitrogen and oxygen atoms in total. The predicted molar refractivity (Wildman–Crippen MR) is 318 cm³/mol. The van der Waals surface area contributed by atoms with Gasteiger partial charge in [-0.2, -0.15) is 0 Å². The Morgan fingerprint density at radius 2 is 1.00 bits per heavy atom. The molecular weight excluding hydrogens is 1170 g/mol. The van der Waals surface area contributed by atoms with Crippen molar-refractivity contribution in [3.05, 3.63) is 84.9 Å². The minimum Gasteiger partial charge on any atom is -0.367 e. The van der Waals surface area contributed by atoms with Gasteiger partial charge in [0.25, 0.3) is 0 Å². The lowest BCUT2D eigenvalue weighted by Crippen LogP contribution is -2.48. The molecule has 0 bridgehead atoms. The van der Waals surface area contributed by atoms with Crippen LogP contribution in [-0.4, -0.2) is 166 Å². The fourth-order valence-electron chi connectivity index (χ4n) is 8.76. The average Bonchev–Trinajstić information content (AvgIpc) is 4.21. The van der Waals surface area contributed by atoms with Crippen molar-refractivity contribution >= 4 is 104 Å². The van der Waals surface area contributed by atoms with Gasteiger partial charge in [-0.25, -0.2) is 47.5 Å². The van der Waals surface area contributed by atoms with Gasteiger partial charge in [0, 0.05) is 154 Å². The van der Waals surface area contributed by atoms with Crippen LogP contribution in [0.25, 0.3) is 32.1 Å². The molecule has 2 aliphatic carbocycles. The van der Waals surface area contributed by atoms with Crippen LogP contribution in [0.5, 0.6) is 0 Å². The molecule has 6 aromatic rings. The van der Waals surface area contributed by atoms with Crippen LogP contribution in [0.2, 0.25) is 15.3 Å². The minimum absolute atomic E-state index is 0.0182. The number of likely N-dealkylation sites (N-methyl/N-ethyl adjacent to an activating group) is 3. The highest BCUT2D eigenvalue weighted by molar-refractivity contribution is 7.13. The van der Waals surface area contributed by atoms with E-state index < -0.39 is 11.8 Å². The lowest BCUT2D eigenvalue weighted by molar-refractivity contribution is -0.131. The van der Waals surface area contributed by atoms with Crippen molar-refractivity contribution in [1.29, 1.82) is 0 Å². The molecule has 0 atom stereocenters. The Morgan fingerprint density at radius 1 is 0.568 bits per heavy atom. The summed E-state index contributed by atoms with van der Waals surface area (Å²) in [4.78, 5) is 70.4. The molecule has 0 radical (unpaired) electrons. The number of pyridine rings is 3. The number of hydrogen-bond donors (Lipinski definition) is 3. The molecule has 5 aliphatic rings. The molecule has 0 spiro atoms. The zero-order valence-corrected chi connectivity index (χ0v) is 50.7. The number of thiazole rings is 3. The summed E-state index contributed by atoms with van der Waals surface area (Å²) >= 11 is 22.4. The van der Waals surface area contributed by atoms with Gasteiger partial charge in [-0.05, 0) is 76.8 Å². The van der Waals surface area contributed by atoms with E-state index in [1.807, 2.05) is 86.1 Å². The molecule has 3 saturated heterocycles. The molecule has 3 amide bonds. The highest BCUT2D eigenvalue weighted by Crippen LogP contribution is 2.37. The maximum Gasteiger partial charge on any atom is 0.248 e. The number of nitrogens with one attached hydrogen (secondary N) is 2. The van der Waals surface area contributed by atoms with Gasteiger partial charge in [-0.15, -0.1) is 34.0 Å². The van der Waals surface area contributed by atoms with E-state index in [-0.39, 0.29) is 55.5 Å². The van der Waals surface area contributed by atoms with Crippen LogP contribution in [0.1, 0.15) is 68.4 Å². The Balaban J connectivity index is 0.000000158. The minimum atomic E-state index is -2.56. The van der Waals surface area contributed by atoms with Crippen molar-refractivity contribution in [3.63, 3.8) is 0 Å². The van der Waals surface area contributed by atoms with Crippen LogP contribution in [0, 0.1) is 20.8 Å². The number of piperazine rings is 3. The van der Waals surface area contributed by atoms with Crippen molar-refractivity contribution in [3.8, 4) is 32.1 Å². The van der Waals surface area contributed by atoms with Crippen molar-refractivity contribution in [2.24, 2.45) is 5.73 Å². The molecule has 4 N–H and O–H groups in total. The number of anilines is 3. The summed E-state index contributed by atoms with van der Waals surface area (Å²) in [5, 5.41) is 16.1. The molecular formula is C54H67Cl3F4N14O3S3. The highest BCUT2D eigenvalue weighted by atomic mass is 35.5. The number of carbonyl (C=O) groups excluding carboxylic acids is 3. The van der Waals surface area contributed by atoms with Crippen molar-refractivity contribution in [2.75, 3.05) is 95.2 Å². The summed E-state index contributed by atoms with van der Waals surface area (Å²) in [6.07, 6.45) is 1.54. The molecule has 11 rings (SSSR count). The maximum absolute atomic E-state index is 13.5. The number of aromatic nitrogens is 6. The number of nitrogens with two attached hydrogens (primary N) is 1. The van der Waals surface area contributed by atoms with E-state index in [0.717, 1.165) is 86.7 Å². The number of carbonyl (C=O) groups is 3. The molecule has 438 valence electrons. The fourth-order valence-corrected chi connectivity index (χ4v) is 11.7. The summed E-state index contributed by atoms with van der Waals surface area (Å²) in [5.74, 6) is -3.96. The summed E-state index contributed by atoms with van der Waals surface area (Å²) in [5.41, 5.74) is 12.3. The van der Waals surface area contributed by atoms with Crippen LogP contribution in [-0.2, 0) is 14.4 Å². The van der Waals surface area contributed by atoms with Gasteiger partial charge in [0.05, 0.1) is 19.6 Å². The largest absolute Gasteiger partial charge is 0.367 e. The number of amides is 3. The number of hydrogen-bond acceptors (Lipinski definition) is 17. The van der Waals surface area contributed by atoms with Crippen molar-refractivity contribution in [1.82, 2.24) is 49.9 Å². The first kappa shape index (κ1) is 63.2. The zero-order chi connectivity index (χ0) is 58.6. The quantitative estimate of drug-likeness (QED) is 0.101. The molecule has 3 aliphatic heterocycles. The van der Waals surface area contributed by atoms with E-state index in [1.54, 1.807) is 44.2 Å². The molecule has 81 heavy (non-hydrogen) atoms. The van der Waals surface area contributed by atoms with Crippen LogP contribution >= 0.6 is 68.8 Å². The third-order valence-corrected chi connectivity index (χ3v) is 17.2. The maximum atomic E-state index is 13.5. The number of halogens is 7. The molecule has 27 heteroatoms. The van der Waals surface area contributed by atoms with Gasteiger partial charge in [0.1, 0.15) is 48.2 Å². The molecule has 6 aromatic heterocycles. The number of rotatable bonds is 7. The smallest absolute Gasteiger partial charge is 0.248 e. The van der Waals surface area contributed by atoms with Crippen LogP contribution < -0.4 is 26.2 Å². The van der Waals surface area contributed by atoms with E-state index in [1.165, 1.54) is 22.7 Å². The molecule has 0 aromatic carbocycles. The summed E-state index contributed by atoms with van der Waals surface area (Å²) in [6.45, 7) is 11.7. The monoisotopic (exact) mass is 1240 g/mol. The summed E-state index contributed by atoms with van der Waals surface area (Å²) in [7, 11) is 5.45. The van der Waals surface area contributed by atoms with Gasteiger partial charge < -0.3 is 40.9 Å². The topological polar surface area (TPSA) is 195 Å². The standard InChI is InChI=1S/C20H25F2N5OS.C14H15ClN4OS.C9H6Cl2N2S.C6H11F2N.C5H10N2O/c1-13-12-29-19(23-13)16-9-15(27-8-7-26(2)18(28)11-27)10-17(25-16)24-14-3-5-20(21,22)6-4-14;1-9-8-21-14(16-9)11-5-10(6-12(15)17-11)19-4-3-18(2)13(20)7-19;1-5-4-14-9(12-5)7-2-6(10)3-8(11)13-7;7-6(8)3-1-5(9)2-4-6;1-7-3-2-6-4-5(7)8/h9-10,12,14H,3-8,11H2,1-2H3,(H,24,25);5-6,8H,3-4,7H2,1-2H3;2-4H,1H3;5H,1-4,9H2;6H,2-4H2,1H3. The first-order valence-electron chi connectivity index (χ1n) is 26.4. The lowest BCUT2D eigenvalue weighted by Gasteiger charge is -2.34. The Morgan fingerprint density at radius 3 is 1.41 bits per heavy atom. The number of nitrogens with zero attached hydrogens (tertiary/aromatic N) is 11. The van der Waals surface area contributed by atoms with E-state index in [0.29, 0.717) is 79.6 Å². The van der Waals surface area contributed by atoms with Gasteiger partial charge in [-0.1, -0.05) is 34.8 Å². The second kappa shape index (κ2) is 28.8. The first-order chi connectivity index (χ1) is 38.4. The van der Waals surface area contributed by atoms with E-state index >= 15 is 0 Å². The van der Waals surface area contributed by atoms with Crippen LogP contribution in [0.15, 0.2) is 52.5 Å². The third kappa shape index (κ3) is 19.4. The Labute approximate surface area is 496 Å². The van der Waals surface area contributed by atoms with Gasteiger partial charge in [-0.3, -0.25) is 14.4 Å². The van der Waals surface area contributed by atoms with E-state index in [2.05, 4.69) is 35.6 Å². The highest BCUT2D eigenvalue weighted by Gasteiger charge is 2.36. The second-order valence-corrected chi connectivity index (χ2v) is 24.2. The van der Waals surface area contributed by atoms with Crippen molar-refractivity contribution < 1.29 is 31.9 Å². The van der Waals surface area contributed by atoms with Crippen LogP contribution in [0.3, 0.4) is 0 Å². The normalized spacial score (nSPS) is 18.4. The lowest BCUT2D eigenvalue weighted by atomic mass is 9.92. The molecule has 9 heterocycles. The van der Waals surface area contributed by atoms with Gasteiger partial charge in [0.15, 0.2) is 0 Å². The summed E-state index contributed by atoms with van der Waals surface area (Å²) in [6, 6.07) is 11.0. The van der Waals surface area contributed by atoms with Crippen molar-refractivity contribution in [2.45, 2.75) is 96.1 Å². The number of aryl methyl sites for hydroxylation is 3. The summed E-state index contributed by atoms with van der Waals surface area (Å²) < 4.78 is 51.6. The molecule has 2 saturated carbocycles. The zero-order valence-electron chi connectivity index (χ0n) is 46.0. The van der Waals surface area contributed by atoms with E-state index in [4.69, 9.17) is 45.5 Å². The Hall–Kier alpha value is -5.34. The SMILES string of the molecule is CN1CCNCC1=O.Cc1csc(-c2cc(Cl)cc(Cl)n2)n1.Cc1csc(-c2cc(N3CCN(C)C(=O)C3)cc(Cl)n2)n1.Cc1csc(-c2cc(N3CCN(C)C(=O)C3)cc(NC3CCC(F)(F)CC3)n2)n1.NC1CCC(F)(F)CC1. The molecule has 0 unspecified atom stereocenters. The second-order valence-electron chi connectivity index (χ2n) is 20.4. The molecule has 5 fully saturated rings. The average molecular weight is 1240 g/mol. The van der Waals surface area contributed by atoms with Gasteiger partial charge in [0.2, 0.25) is 29.6 Å². The number of alkyl halides is 4. The van der Waals surface area contributed by atoms with Crippen LogP contribution in [0.4, 0.5) is 34.8 Å². The van der Waals surface area contributed by atoms with E-state index in [9.17, 15) is 31.9 Å².